The number of nitrogens with zero attached hydrogens (tertiary/aromatic N) is 3. The van der Waals surface area contributed by atoms with Crippen LogP contribution in [0.15, 0.2) is 30.5 Å². The molecule has 0 saturated carbocycles. The summed E-state index contributed by atoms with van der Waals surface area (Å²) < 4.78 is 10.7. The van der Waals surface area contributed by atoms with Gasteiger partial charge in [-0.15, -0.1) is 0 Å². The predicted molar refractivity (Wildman–Crippen MR) is 122 cm³/mol. The molecule has 2 heterocycles. The summed E-state index contributed by atoms with van der Waals surface area (Å²) in [7, 11) is 1.64. The smallest absolute Gasteiger partial charge is 0.259 e. The minimum Gasteiger partial charge on any atom is -0.493 e. The average Bonchev–Trinajstić information content (AvgIpc) is 3.24. The first-order valence-electron chi connectivity index (χ1n) is 10.9. The molecule has 2 aromatic rings. The van der Waals surface area contributed by atoms with Crippen molar-refractivity contribution in [1.82, 2.24) is 15.3 Å². The van der Waals surface area contributed by atoms with Crippen molar-refractivity contribution < 1.29 is 19.1 Å². The van der Waals surface area contributed by atoms with Crippen molar-refractivity contribution in [3.8, 4) is 5.75 Å². The van der Waals surface area contributed by atoms with Crippen molar-refractivity contribution in [3.05, 3.63) is 41.6 Å². The van der Waals surface area contributed by atoms with E-state index in [1.54, 1.807) is 30.3 Å². The molecule has 3 rings (SSSR count). The van der Waals surface area contributed by atoms with Gasteiger partial charge in [0.15, 0.2) is 0 Å². The number of anilines is 2. The lowest BCUT2D eigenvalue weighted by Crippen LogP contribution is -2.34. The van der Waals surface area contributed by atoms with Crippen LogP contribution in [0.3, 0.4) is 0 Å². The van der Waals surface area contributed by atoms with E-state index in [4.69, 9.17) is 9.47 Å². The topological polar surface area (TPSA) is 106 Å². The number of amides is 2. The van der Waals surface area contributed by atoms with Crippen LogP contribution in [0.1, 0.15) is 42.6 Å². The lowest BCUT2D eigenvalue weighted by Gasteiger charge is -2.23. The Morgan fingerprint density at radius 3 is 2.91 bits per heavy atom. The number of benzene rings is 1. The monoisotopic (exact) mass is 441 g/mol. The average molecular weight is 442 g/mol. The molecule has 0 spiro atoms. The summed E-state index contributed by atoms with van der Waals surface area (Å²) in [5.74, 6) is 1.60. The predicted octanol–water partition coefficient (Wildman–Crippen LogP) is 2.42. The van der Waals surface area contributed by atoms with E-state index in [0.717, 1.165) is 24.2 Å². The number of aromatic nitrogens is 2. The minimum absolute atomic E-state index is 0.0220. The summed E-state index contributed by atoms with van der Waals surface area (Å²) in [4.78, 5) is 35.1. The third kappa shape index (κ3) is 6.40. The van der Waals surface area contributed by atoms with Gasteiger partial charge < -0.3 is 20.1 Å². The molecule has 1 atom stereocenters. The van der Waals surface area contributed by atoms with Crippen LogP contribution >= 0.6 is 0 Å². The fraction of sp³-hybridized carbons (Fsp3) is 0.478. The number of nitrogens with one attached hydrogen (secondary N) is 2. The zero-order chi connectivity index (χ0) is 22.9. The van der Waals surface area contributed by atoms with E-state index in [9.17, 15) is 9.59 Å². The second kappa shape index (κ2) is 11.4. The summed E-state index contributed by atoms with van der Waals surface area (Å²) in [6, 6.07) is 7.29. The molecule has 0 bridgehead atoms. The van der Waals surface area contributed by atoms with Gasteiger partial charge >= 0.3 is 0 Å². The lowest BCUT2D eigenvalue weighted by atomic mass is 10.1. The van der Waals surface area contributed by atoms with E-state index in [2.05, 4.69) is 20.6 Å². The zero-order valence-electron chi connectivity index (χ0n) is 18.9. The maximum Gasteiger partial charge on any atom is 0.259 e. The Balaban J connectivity index is 1.78. The molecule has 172 valence electrons. The number of fused-ring (bicyclic) bond motifs is 1. The molecule has 0 radical (unpaired) electrons. The molecular weight excluding hydrogens is 410 g/mol. The Kier molecular flexibility index (Phi) is 8.38. The summed E-state index contributed by atoms with van der Waals surface area (Å²) in [5.41, 5.74) is 1.64. The molecule has 0 saturated heterocycles. The normalized spacial score (nSPS) is 13.1. The van der Waals surface area contributed by atoms with Crippen LogP contribution in [0.4, 0.5) is 11.8 Å². The SMILES string of the molecule is COCC(C)Nc1nccc(N(CCCCNC(C)=O)C(=O)c2ccc3c(c2)CCO3)n1. The largest absolute Gasteiger partial charge is 0.493 e. The summed E-state index contributed by atoms with van der Waals surface area (Å²) in [6.45, 7) is 5.65. The van der Waals surface area contributed by atoms with Crippen molar-refractivity contribution in [2.75, 3.05) is 43.6 Å². The van der Waals surface area contributed by atoms with Crippen molar-refractivity contribution in [1.29, 1.82) is 0 Å². The van der Waals surface area contributed by atoms with Gasteiger partial charge in [0.2, 0.25) is 11.9 Å². The van der Waals surface area contributed by atoms with Crippen LogP contribution in [0, 0.1) is 0 Å². The van der Waals surface area contributed by atoms with Crippen LogP contribution in [0.2, 0.25) is 0 Å². The maximum atomic E-state index is 13.5. The molecule has 1 aromatic carbocycles. The highest BCUT2D eigenvalue weighted by atomic mass is 16.5. The highest BCUT2D eigenvalue weighted by Gasteiger charge is 2.22. The molecule has 1 unspecified atom stereocenters. The second-order valence-electron chi connectivity index (χ2n) is 7.81. The van der Waals surface area contributed by atoms with Gasteiger partial charge in [0.1, 0.15) is 11.6 Å². The Morgan fingerprint density at radius 1 is 1.28 bits per heavy atom. The number of unbranched alkanes of at least 4 members (excludes halogenated alkanes) is 1. The van der Waals surface area contributed by atoms with Gasteiger partial charge in [0, 0.05) is 51.3 Å². The van der Waals surface area contributed by atoms with Gasteiger partial charge in [0.25, 0.3) is 5.91 Å². The van der Waals surface area contributed by atoms with Crippen molar-refractivity contribution in [2.24, 2.45) is 0 Å². The maximum absolute atomic E-state index is 13.5. The Hall–Kier alpha value is -3.20. The van der Waals surface area contributed by atoms with Crippen LogP contribution in [0.5, 0.6) is 5.75 Å². The third-order valence-corrected chi connectivity index (χ3v) is 5.07. The molecular formula is C23H31N5O4. The van der Waals surface area contributed by atoms with Crippen molar-refractivity contribution in [3.63, 3.8) is 0 Å². The van der Waals surface area contributed by atoms with Crippen LogP contribution in [-0.4, -0.2) is 61.2 Å². The lowest BCUT2D eigenvalue weighted by molar-refractivity contribution is -0.118. The van der Waals surface area contributed by atoms with E-state index in [0.29, 0.717) is 50.1 Å². The highest BCUT2D eigenvalue weighted by Crippen LogP contribution is 2.27. The Labute approximate surface area is 188 Å². The van der Waals surface area contributed by atoms with Gasteiger partial charge in [-0.25, -0.2) is 4.98 Å². The van der Waals surface area contributed by atoms with E-state index < -0.39 is 0 Å². The third-order valence-electron chi connectivity index (χ3n) is 5.07. The molecule has 2 amide bonds. The number of carbonyl (C=O) groups is 2. The molecule has 9 heteroatoms. The number of hydrogen-bond acceptors (Lipinski definition) is 7. The van der Waals surface area contributed by atoms with Crippen LogP contribution in [-0.2, 0) is 16.0 Å². The molecule has 1 aromatic heterocycles. The Bertz CT molecular complexity index is 936. The fourth-order valence-corrected chi connectivity index (χ4v) is 3.54. The fourth-order valence-electron chi connectivity index (χ4n) is 3.54. The molecule has 1 aliphatic heterocycles. The van der Waals surface area contributed by atoms with Gasteiger partial charge in [-0.2, -0.15) is 4.98 Å². The quantitative estimate of drug-likeness (QED) is 0.516. The zero-order valence-corrected chi connectivity index (χ0v) is 18.9. The molecule has 0 fully saturated rings. The van der Waals surface area contributed by atoms with Crippen molar-refractivity contribution in [2.45, 2.75) is 39.2 Å². The van der Waals surface area contributed by atoms with E-state index in [1.165, 1.54) is 6.92 Å². The summed E-state index contributed by atoms with van der Waals surface area (Å²) in [6.07, 6.45) is 3.90. The van der Waals surface area contributed by atoms with Gasteiger partial charge in [-0.3, -0.25) is 14.5 Å². The van der Waals surface area contributed by atoms with E-state index >= 15 is 0 Å². The molecule has 2 N–H and O–H groups in total. The minimum atomic E-state index is -0.131. The number of carbonyl (C=O) groups excluding carboxylic acids is 2. The molecule has 32 heavy (non-hydrogen) atoms. The van der Waals surface area contributed by atoms with Crippen LogP contribution < -0.4 is 20.3 Å². The van der Waals surface area contributed by atoms with E-state index in [1.807, 2.05) is 19.1 Å². The second-order valence-corrected chi connectivity index (χ2v) is 7.81. The summed E-state index contributed by atoms with van der Waals surface area (Å²) >= 11 is 0. The van der Waals surface area contributed by atoms with Crippen LogP contribution in [0.25, 0.3) is 0 Å². The highest BCUT2D eigenvalue weighted by molar-refractivity contribution is 6.05. The first-order valence-corrected chi connectivity index (χ1v) is 10.9. The molecule has 1 aliphatic rings. The number of methoxy groups -OCH3 is 1. The van der Waals surface area contributed by atoms with Gasteiger partial charge in [0.05, 0.1) is 13.2 Å². The first kappa shape index (κ1) is 23.5. The number of rotatable bonds is 11. The first-order chi connectivity index (χ1) is 15.5. The molecule has 9 nitrogen and oxygen atoms in total. The Morgan fingerprint density at radius 2 is 2.12 bits per heavy atom. The number of hydrogen-bond donors (Lipinski definition) is 2. The molecule has 0 aliphatic carbocycles. The summed E-state index contributed by atoms with van der Waals surface area (Å²) in [5, 5.41) is 5.98. The van der Waals surface area contributed by atoms with Gasteiger partial charge in [-0.1, -0.05) is 0 Å². The standard InChI is InChI=1S/C23H31N5O4/c1-16(15-31-3)26-23-25-11-8-21(27-23)28(12-5-4-10-24-17(2)29)22(30)19-6-7-20-18(14-19)9-13-32-20/h6-8,11,14,16H,4-5,9-10,12-13,15H2,1-3H3,(H,24,29)(H,25,26,27). The van der Waals surface area contributed by atoms with Gasteiger partial charge in [-0.05, 0) is 49.6 Å². The van der Waals surface area contributed by atoms with Crippen molar-refractivity contribution >= 4 is 23.6 Å². The number of ether oxygens (including phenoxy) is 2. The van der Waals surface area contributed by atoms with E-state index in [-0.39, 0.29) is 17.9 Å².